The van der Waals surface area contributed by atoms with Gasteiger partial charge in [-0.3, -0.25) is 0 Å². The molecule has 2 aromatic rings. The first kappa shape index (κ1) is 11.3. The van der Waals surface area contributed by atoms with Gasteiger partial charge in [0.2, 0.25) is 0 Å². The molecule has 0 bridgehead atoms. The Morgan fingerprint density at radius 2 is 2.28 bits per heavy atom. The number of ether oxygens (including phenoxy) is 1. The van der Waals surface area contributed by atoms with Crippen LogP contribution in [0.5, 0.6) is 0 Å². The molecule has 1 saturated carbocycles. The lowest BCUT2D eigenvalue weighted by atomic mass is 9.93. The zero-order valence-electron chi connectivity index (χ0n) is 10.6. The van der Waals surface area contributed by atoms with E-state index < -0.39 is 0 Å². The van der Waals surface area contributed by atoms with Crippen molar-refractivity contribution in [3.63, 3.8) is 0 Å². The molecule has 4 nitrogen and oxygen atoms in total. The number of carbonyl (C=O) groups is 1. The largest absolute Gasteiger partial charge is 0.465 e. The number of nitrogens with zero attached hydrogens (tertiary/aromatic N) is 2. The van der Waals surface area contributed by atoms with Crippen molar-refractivity contribution >= 4 is 17.0 Å². The number of aromatic nitrogens is 2. The van der Waals surface area contributed by atoms with Crippen LogP contribution in [0.4, 0.5) is 0 Å². The van der Waals surface area contributed by atoms with E-state index in [1.165, 1.54) is 26.4 Å². The SMILES string of the molecule is COC(=O)c1cnc2c(c1)c(C)cn2C1CCC1. The quantitative estimate of drug-likeness (QED) is 0.763. The van der Waals surface area contributed by atoms with Gasteiger partial charge in [0, 0.05) is 23.8 Å². The van der Waals surface area contributed by atoms with Gasteiger partial charge in [0.15, 0.2) is 0 Å². The molecule has 0 aromatic carbocycles. The number of rotatable bonds is 2. The minimum atomic E-state index is -0.333. The third-order valence-corrected chi connectivity index (χ3v) is 3.76. The second kappa shape index (κ2) is 4.12. The first-order chi connectivity index (χ1) is 8.70. The number of esters is 1. The molecule has 18 heavy (non-hydrogen) atoms. The average Bonchev–Trinajstić information content (AvgIpc) is 2.63. The van der Waals surface area contributed by atoms with Crippen LogP contribution in [0.25, 0.3) is 11.0 Å². The number of hydrogen-bond donors (Lipinski definition) is 0. The fourth-order valence-electron chi connectivity index (χ4n) is 2.47. The van der Waals surface area contributed by atoms with Crippen LogP contribution in [0.1, 0.15) is 41.2 Å². The van der Waals surface area contributed by atoms with Crippen molar-refractivity contribution in [3.8, 4) is 0 Å². The number of carbonyl (C=O) groups excluding carboxylic acids is 1. The molecule has 0 N–H and O–H groups in total. The molecule has 2 aromatic heterocycles. The van der Waals surface area contributed by atoms with E-state index in [0.29, 0.717) is 11.6 Å². The van der Waals surface area contributed by atoms with Crippen LogP contribution in [-0.2, 0) is 4.74 Å². The molecule has 0 spiro atoms. The van der Waals surface area contributed by atoms with Crippen LogP contribution >= 0.6 is 0 Å². The summed E-state index contributed by atoms with van der Waals surface area (Å²) in [6, 6.07) is 2.45. The maximum atomic E-state index is 11.5. The third kappa shape index (κ3) is 1.60. The second-order valence-corrected chi connectivity index (χ2v) is 4.89. The lowest BCUT2D eigenvalue weighted by molar-refractivity contribution is 0.0600. The predicted octanol–water partition coefficient (Wildman–Crippen LogP) is 2.86. The first-order valence-corrected chi connectivity index (χ1v) is 6.26. The number of fused-ring (bicyclic) bond motifs is 1. The lowest BCUT2D eigenvalue weighted by Gasteiger charge is -2.27. The maximum Gasteiger partial charge on any atom is 0.339 e. The molecule has 3 rings (SSSR count). The van der Waals surface area contributed by atoms with Crippen molar-refractivity contribution < 1.29 is 9.53 Å². The van der Waals surface area contributed by atoms with Gasteiger partial charge < -0.3 is 9.30 Å². The molecule has 1 aliphatic carbocycles. The second-order valence-electron chi connectivity index (χ2n) is 4.89. The average molecular weight is 244 g/mol. The standard InChI is InChI=1S/C14H16N2O2/c1-9-8-16(11-4-3-5-11)13-12(9)6-10(7-15-13)14(17)18-2/h6-8,11H,3-5H2,1-2H3. The Balaban J connectivity index is 2.11. The Hall–Kier alpha value is -1.84. The summed E-state index contributed by atoms with van der Waals surface area (Å²) in [4.78, 5) is 15.9. The Morgan fingerprint density at radius 1 is 1.50 bits per heavy atom. The van der Waals surface area contributed by atoms with Gasteiger partial charge in [-0.15, -0.1) is 0 Å². The van der Waals surface area contributed by atoms with E-state index in [-0.39, 0.29) is 5.97 Å². The van der Waals surface area contributed by atoms with Crippen LogP contribution in [-0.4, -0.2) is 22.6 Å². The Bertz CT molecular complexity index is 612. The van der Waals surface area contributed by atoms with Crippen LogP contribution in [0.15, 0.2) is 18.5 Å². The Morgan fingerprint density at radius 3 is 2.89 bits per heavy atom. The molecule has 1 fully saturated rings. The molecule has 0 saturated heterocycles. The number of pyridine rings is 1. The summed E-state index contributed by atoms with van der Waals surface area (Å²) in [5.74, 6) is -0.333. The fourth-order valence-corrected chi connectivity index (χ4v) is 2.47. The summed E-state index contributed by atoms with van der Waals surface area (Å²) in [5.41, 5.74) is 2.65. The zero-order valence-corrected chi connectivity index (χ0v) is 10.6. The van der Waals surface area contributed by atoms with Crippen molar-refractivity contribution in [2.45, 2.75) is 32.2 Å². The van der Waals surface area contributed by atoms with Crippen LogP contribution in [0, 0.1) is 6.92 Å². The van der Waals surface area contributed by atoms with Gasteiger partial charge in [-0.05, 0) is 37.8 Å². The Labute approximate surface area is 106 Å². The topological polar surface area (TPSA) is 44.1 Å². The molecule has 2 heterocycles. The van der Waals surface area contributed by atoms with Gasteiger partial charge in [-0.25, -0.2) is 9.78 Å². The molecule has 0 radical (unpaired) electrons. The van der Waals surface area contributed by atoms with Crippen LogP contribution in [0.2, 0.25) is 0 Å². The van der Waals surface area contributed by atoms with Crippen molar-refractivity contribution in [1.29, 1.82) is 0 Å². The van der Waals surface area contributed by atoms with E-state index in [0.717, 1.165) is 16.6 Å². The van der Waals surface area contributed by atoms with Gasteiger partial charge in [0.05, 0.1) is 12.7 Å². The van der Waals surface area contributed by atoms with Gasteiger partial charge in [-0.1, -0.05) is 0 Å². The number of aryl methyl sites for hydroxylation is 1. The Kier molecular flexibility index (Phi) is 2.58. The molecule has 0 aliphatic heterocycles. The van der Waals surface area contributed by atoms with E-state index in [1.54, 1.807) is 6.20 Å². The highest BCUT2D eigenvalue weighted by molar-refractivity contribution is 5.94. The van der Waals surface area contributed by atoms with Crippen LogP contribution < -0.4 is 0 Å². The number of methoxy groups -OCH3 is 1. The minimum absolute atomic E-state index is 0.333. The van der Waals surface area contributed by atoms with Crippen molar-refractivity contribution in [3.05, 3.63) is 29.6 Å². The minimum Gasteiger partial charge on any atom is -0.465 e. The highest BCUT2D eigenvalue weighted by Gasteiger charge is 2.22. The predicted molar refractivity (Wildman–Crippen MR) is 68.7 cm³/mol. The summed E-state index contributed by atoms with van der Waals surface area (Å²) in [5, 5.41) is 1.05. The van der Waals surface area contributed by atoms with Gasteiger partial charge in [0.1, 0.15) is 5.65 Å². The van der Waals surface area contributed by atoms with E-state index in [1.807, 2.05) is 6.07 Å². The third-order valence-electron chi connectivity index (χ3n) is 3.76. The molecule has 0 atom stereocenters. The molecule has 94 valence electrons. The van der Waals surface area contributed by atoms with E-state index >= 15 is 0 Å². The smallest absolute Gasteiger partial charge is 0.339 e. The zero-order chi connectivity index (χ0) is 12.7. The van der Waals surface area contributed by atoms with Gasteiger partial charge in [0.25, 0.3) is 0 Å². The molecule has 0 amide bonds. The monoisotopic (exact) mass is 244 g/mol. The van der Waals surface area contributed by atoms with Crippen LogP contribution in [0.3, 0.4) is 0 Å². The van der Waals surface area contributed by atoms with Crippen molar-refractivity contribution in [2.24, 2.45) is 0 Å². The van der Waals surface area contributed by atoms with E-state index in [9.17, 15) is 4.79 Å². The molecular formula is C14H16N2O2. The van der Waals surface area contributed by atoms with E-state index in [2.05, 4.69) is 22.7 Å². The first-order valence-electron chi connectivity index (χ1n) is 6.26. The van der Waals surface area contributed by atoms with Crippen molar-refractivity contribution in [1.82, 2.24) is 9.55 Å². The summed E-state index contributed by atoms with van der Waals surface area (Å²) in [6.07, 6.45) is 7.49. The van der Waals surface area contributed by atoms with Gasteiger partial charge >= 0.3 is 5.97 Å². The summed E-state index contributed by atoms with van der Waals surface area (Å²) in [6.45, 7) is 2.06. The highest BCUT2D eigenvalue weighted by Crippen LogP contribution is 2.35. The molecule has 1 aliphatic rings. The molecule has 4 heteroatoms. The lowest BCUT2D eigenvalue weighted by Crippen LogP contribution is -2.16. The molecular weight excluding hydrogens is 228 g/mol. The maximum absolute atomic E-state index is 11.5. The normalized spacial score (nSPS) is 15.7. The summed E-state index contributed by atoms with van der Waals surface area (Å²) < 4.78 is 6.97. The number of hydrogen-bond acceptors (Lipinski definition) is 3. The van der Waals surface area contributed by atoms with Crippen molar-refractivity contribution in [2.75, 3.05) is 7.11 Å². The van der Waals surface area contributed by atoms with E-state index in [4.69, 9.17) is 4.74 Å². The fraction of sp³-hybridized carbons (Fsp3) is 0.429. The van der Waals surface area contributed by atoms with Gasteiger partial charge in [-0.2, -0.15) is 0 Å². The summed E-state index contributed by atoms with van der Waals surface area (Å²) in [7, 11) is 1.39. The highest BCUT2D eigenvalue weighted by atomic mass is 16.5. The molecule has 0 unspecified atom stereocenters. The summed E-state index contributed by atoms with van der Waals surface area (Å²) >= 11 is 0.